The van der Waals surface area contributed by atoms with E-state index in [1.165, 1.54) is 0 Å². The third-order valence-electron chi connectivity index (χ3n) is 2.29. The van der Waals surface area contributed by atoms with E-state index in [0.29, 0.717) is 5.92 Å². The number of ether oxygens (including phenoxy) is 2. The minimum absolute atomic E-state index is 0. The fraction of sp³-hybridized carbons (Fsp3) is 1.00. The summed E-state index contributed by atoms with van der Waals surface area (Å²) in [5.74, 6) is 0.626. The van der Waals surface area contributed by atoms with E-state index in [9.17, 15) is 0 Å². The molecule has 0 amide bonds. The smallest absolute Gasteiger partial charge is 0.118 e. The standard InChI is InChI=1S/C9H19NO2.ClH/c1-8-6-10-9(2,12-7-8)4-5-11-3;/h8,10H,4-7H2,1-3H3;1H. The molecule has 1 rings (SSSR count). The van der Waals surface area contributed by atoms with Crippen LogP contribution in [0.1, 0.15) is 20.3 Å². The van der Waals surface area contributed by atoms with Gasteiger partial charge in [0.2, 0.25) is 0 Å². The highest BCUT2D eigenvalue weighted by Crippen LogP contribution is 2.18. The minimum Gasteiger partial charge on any atom is -0.385 e. The van der Waals surface area contributed by atoms with Crippen LogP contribution >= 0.6 is 12.4 Å². The van der Waals surface area contributed by atoms with Gasteiger partial charge in [0.15, 0.2) is 0 Å². The molecule has 0 aromatic heterocycles. The van der Waals surface area contributed by atoms with Gasteiger partial charge in [-0.25, -0.2) is 0 Å². The minimum atomic E-state index is -0.164. The van der Waals surface area contributed by atoms with Crippen molar-refractivity contribution in [3.05, 3.63) is 0 Å². The van der Waals surface area contributed by atoms with Crippen LogP contribution in [-0.2, 0) is 9.47 Å². The van der Waals surface area contributed by atoms with Gasteiger partial charge >= 0.3 is 0 Å². The number of halogens is 1. The molecule has 0 spiro atoms. The maximum absolute atomic E-state index is 5.69. The van der Waals surface area contributed by atoms with E-state index < -0.39 is 0 Å². The van der Waals surface area contributed by atoms with Crippen LogP contribution < -0.4 is 5.32 Å². The van der Waals surface area contributed by atoms with Gasteiger partial charge in [0.1, 0.15) is 5.72 Å². The Morgan fingerprint density at radius 3 is 2.77 bits per heavy atom. The van der Waals surface area contributed by atoms with Gasteiger partial charge in [-0.05, 0) is 12.8 Å². The molecule has 0 bridgehead atoms. The second-order valence-corrected chi connectivity index (χ2v) is 3.77. The van der Waals surface area contributed by atoms with E-state index >= 15 is 0 Å². The summed E-state index contributed by atoms with van der Waals surface area (Å²) in [5.41, 5.74) is -0.164. The molecular formula is C9H20ClNO2. The van der Waals surface area contributed by atoms with E-state index in [1.54, 1.807) is 7.11 Å². The zero-order chi connectivity index (χ0) is 9.03. The van der Waals surface area contributed by atoms with E-state index in [2.05, 4.69) is 19.2 Å². The summed E-state index contributed by atoms with van der Waals surface area (Å²) >= 11 is 0. The van der Waals surface area contributed by atoms with Crippen molar-refractivity contribution in [3.63, 3.8) is 0 Å². The Kier molecular flexibility index (Phi) is 5.88. The third kappa shape index (κ3) is 4.27. The molecule has 0 aliphatic carbocycles. The molecule has 3 nitrogen and oxygen atoms in total. The Hall–Kier alpha value is 0.170. The van der Waals surface area contributed by atoms with Crippen LogP contribution in [0.15, 0.2) is 0 Å². The molecule has 0 aromatic rings. The molecule has 4 heteroatoms. The summed E-state index contributed by atoms with van der Waals surface area (Å²) in [6.45, 7) is 6.91. The predicted molar refractivity (Wildman–Crippen MR) is 55.3 cm³/mol. The number of hydrogen-bond acceptors (Lipinski definition) is 3. The maximum atomic E-state index is 5.69. The van der Waals surface area contributed by atoms with E-state index in [4.69, 9.17) is 9.47 Å². The molecule has 13 heavy (non-hydrogen) atoms. The second-order valence-electron chi connectivity index (χ2n) is 3.77. The second kappa shape index (κ2) is 5.81. The predicted octanol–water partition coefficient (Wildman–Crippen LogP) is 1.42. The molecule has 2 unspecified atom stereocenters. The van der Waals surface area contributed by atoms with Crippen molar-refractivity contribution in [2.45, 2.75) is 26.0 Å². The van der Waals surface area contributed by atoms with Crippen LogP contribution in [0.3, 0.4) is 0 Å². The molecular weight excluding hydrogens is 190 g/mol. The van der Waals surface area contributed by atoms with Gasteiger partial charge in [-0.3, -0.25) is 5.32 Å². The first kappa shape index (κ1) is 13.2. The average Bonchev–Trinajstić information content (AvgIpc) is 2.08. The lowest BCUT2D eigenvalue weighted by molar-refractivity contribution is -0.113. The van der Waals surface area contributed by atoms with Gasteiger partial charge in [-0.2, -0.15) is 0 Å². The molecule has 0 radical (unpaired) electrons. The molecule has 1 saturated heterocycles. The number of rotatable bonds is 3. The van der Waals surface area contributed by atoms with Gasteiger partial charge in [-0.1, -0.05) is 6.92 Å². The quantitative estimate of drug-likeness (QED) is 0.763. The van der Waals surface area contributed by atoms with Crippen LogP contribution in [0, 0.1) is 5.92 Å². The maximum Gasteiger partial charge on any atom is 0.118 e. The first-order valence-corrected chi connectivity index (χ1v) is 4.54. The monoisotopic (exact) mass is 209 g/mol. The lowest BCUT2D eigenvalue weighted by Crippen LogP contribution is -2.52. The van der Waals surface area contributed by atoms with E-state index in [0.717, 1.165) is 26.2 Å². The lowest BCUT2D eigenvalue weighted by atomic mass is 10.1. The molecule has 0 saturated carbocycles. The number of methoxy groups -OCH3 is 1. The van der Waals surface area contributed by atoms with Crippen molar-refractivity contribution in [2.24, 2.45) is 5.92 Å². The molecule has 1 fully saturated rings. The third-order valence-corrected chi connectivity index (χ3v) is 2.29. The summed E-state index contributed by atoms with van der Waals surface area (Å²) in [7, 11) is 1.72. The van der Waals surface area contributed by atoms with Crippen LogP contribution in [-0.4, -0.2) is 32.6 Å². The first-order chi connectivity index (χ1) is 5.66. The Bertz CT molecular complexity index is 130. The Balaban J connectivity index is 0.00000144. The molecule has 0 aromatic carbocycles. The van der Waals surface area contributed by atoms with Crippen molar-refractivity contribution in [2.75, 3.05) is 26.9 Å². The highest BCUT2D eigenvalue weighted by molar-refractivity contribution is 5.85. The van der Waals surface area contributed by atoms with Gasteiger partial charge in [0.05, 0.1) is 13.2 Å². The van der Waals surface area contributed by atoms with Gasteiger partial charge in [-0.15, -0.1) is 12.4 Å². The molecule has 2 atom stereocenters. The van der Waals surface area contributed by atoms with Crippen molar-refractivity contribution < 1.29 is 9.47 Å². The highest BCUT2D eigenvalue weighted by Gasteiger charge is 2.29. The van der Waals surface area contributed by atoms with E-state index in [-0.39, 0.29) is 18.1 Å². The van der Waals surface area contributed by atoms with E-state index in [1.807, 2.05) is 0 Å². The Morgan fingerprint density at radius 2 is 2.31 bits per heavy atom. The van der Waals surface area contributed by atoms with Crippen LogP contribution in [0.5, 0.6) is 0 Å². The zero-order valence-corrected chi connectivity index (χ0v) is 9.45. The summed E-state index contributed by atoms with van der Waals surface area (Å²) in [5, 5.41) is 3.38. The molecule has 1 N–H and O–H groups in total. The van der Waals surface area contributed by atoms with Gasteiger partial charge in [0.25, 0.3) is 0 Å². The van der Waals surface area contributed by atoms with Crippen LogP contribution in [0.25, 0.3) is 0 Å². The Labute approximate surface area is 86.6 Å². The topological polar surface area (TPSA) is 30.5 Å². The van der Waals surface area contributed by atoms with Crippen LogP contribution in [0.4, 0.5) is 0 Å². The fourth-order valence-electron chi connectivity index (χ4n) is 1.28. The molecule has 1 heterocycles. The summed E-state index contributed by atoms with van der Waals surface area (Å²) < 4.78 is 10.7. The average molecular weight is 210 g/mol. The Morgan fingerprint density at radius 1 is 1.62 bits per heavy atom. The number of hydrogen-bond donors (Lipinski definition) is 1. The summed E-state index contributed by atoms with van der Waals surface area (Å²) in [6, 6.07) is 0. The number of nitrogens with one attached hydrogen (secondary N) is 1. The molecule has 1 aliphatic heterocycles. The van der Waals surface area contributed by atoms with Crippen LogP contribution in [0.2, 0.25) is 0 Å². The molecule has 80 valence electrons. The molecule has 1 aliphatic rings. The lowest BCUT2D eigenvalue weighted by Gasteiger charge is -2.37. The summed E-state index contributed by atoms with van der Waals surface area (Å²) in [6.07, 6.45) is 0.913. The van der Waals surface area contributed by atoms with Crippen molar-refractivity contribution in [1.82, 2.24) is 5.32 Å². The fourth-order valence-corrected chi connectivity index (χ4v) is 1.28. The normalized spacial score (nSPS) is 33.9. The zero-order valence-electron chi connectivity index (χ0n) is 8.63. The largest absolute Gasteiger partial charge is 0.385 e. The van der Waals surface area contributed by atoms with Gasteiger partial charge < -0.3 is 9.47 Å². The van der Waals surface area contributed by atoms with Crippen molar-refractivity contribution >= 4 is 12.4 Å². The van der Waals surface area contributed by atoms with Crippen molar-refractivity contribution in [1.29, 1.82) is 0 Å². The first-order valence-electron chi connectivity index (χ1n) is 4.54. The van der Waals surface area contributed by atoms with Crippen molar-refractivity contribution in [3.8, 4) is 0 Å². The highest BCUT2D eigenvalue weighted by atomic mass is 35.5. The SMILES string of the molecule is COCCC1(C)NCC(C)CO1.Cl. The van der Waals surface area contributed by atoms with Gasteiger partial charge in [0, 0.05) is 20.1 Å². The summed E-state index contributed by atoms with van der Waals surface area (Å²) in [4.78, 5) is 0.